The molecule has 270 valence electrons. The van der Waals surface area contributed by atoms with Crippen LogP contribution in [0.5, 0.6) is 0 Å². The fourth-order valence-corrected chi connectivity index (χ4v) is 6.99. The Morgan fingerprint density at radius 2 is 1.25 bits per heavy atom. The highest BCUT2D eigenvalue weighted by Crippen LogP contribution is 2.35. The Morgan fingerprint density at radius 1 is 0.731 bits per heavy atom. The van der Waals surface area contributed by atoms with E-state index < -0.39 is 17.4 Å². The molecular formula is C40H44N6O6. The number of rotatable bonds is 10. The number of esters is 2. The minimum atomic E-state index is -0.770. The van der Waals surface area contributed by atoms with E-state index in [0.717, 1.165) is 52.4 Å². The van der Waals surface area contributed by atoms with Crippen LogP contribution in [0.3, 0.4) is 0 Å². The number of carbonyl (C=O) groups excluding carboxylic acids is 2. The second-order valence-electron chi connectivity index (χ2n) is 13.3. The predicted molar refractivity (Wildman–Crippen MR) is 202 cm³/mol. The Morgan fingerprint density at radius 3 is 1.79 bits per heavy atom. The average Bonchev–Trinajstić information content (AvgIpc) is 3.18. The van der Waals surface area contributed by atoms with Crippen LogP contribution in [-0.4, -0.2) is 105 Å². The Labute approximate surface area is 302 Å². The van der Waals surface area contributed by atoms with Gasteiger partial charge in [0, 0.05) is 82.4 Å². The quantitative estimate of drug-likeness (QED) is 0.125. The second-order valence-corrected chi connectivity index (χ2v) is 13.3. The van der Waals surface area contributed by atoms with Gasteiger partial charge in [-0.2, -0.15) is 0 Å². The number of hydrogen-bond acceptors (Lipinski definition) is 12. The van der Waals surface area contributed by atoms with Gasteiger partial charge in [-0.3, -0.25) is 14.6 Å². The van der Waals surface area contributed by atoms with Crippen LogP contribution in [0.1, 0.15) is 31.8 Å². The Hall–Kier alpha value is -5.46. The third kappa shape index (κ3) is 7.30. The van der Waals surface area contributed by atoms with E-state index >= 15 is 0 Å². The lowest BCUT2D eigenvalue weighted by Crippen LogP contribution is -2.47. The molecule has 2 N–H and O–H groups in total. The molecule has 12 heteroatoms. The third-order valence-electron chi connectivity index (χ3n) is 10.1. The third-order valence-corrected chi connectivity index (χ3v) is 10.1. The van der Waals surface area contributed by atoms with Gasteiger partial charge in [0.05, 0.1) is 11.3 Å². The maximum absolute atomic E-state index is 13.6. The van der Waals surface area contributed by atoms with Crippen LogP contribution >= 0.6 is 0 Å². The first-order valence-corrected chi connectivity index (χ1v) is 17.8. The molecule has 0 radical (unpaired) electrons. The molecule has 0 bridgehead atoms. The predicted octanol–water partition coefficient (Wildman–Crippen LogP) is 4.45. The summed E-state index contributed by atoms with van der Waals surface area (Å²) in [5.74, 6) is -1.20. The van der Waals surface area contributed by atoms with Crippen molar-refractivity contribution in [3.8, 4) is 11.5 Å². The Kier molecular flexibility index (Phi) is 10.4. The summed E-state index contributed by atoms with van der Waals surface area (Å²) in [5, 5.41) is 0. The van der Waals surface area contributed by atoms with Gasteiger partial charge in [0.1, 0.15) is 30.0 Å². The van der Waals surface area contributed by atoms with Crippen molar-refractivity contribution in [2.45, 2.75) is 13.8 Å². The summed E-state index contributed by atoms with van der Waals surface area (Å²) in [6, 6.07) is 24.0. The summed E-state index contributed by atoms with van der Waals surface area (Å²) in [6.45, 7) is 11.7. The van der Waals surface area contributed by atoms with Gasteiger partial charge in [-0.25, -0.2) is 14.6 Å². The van der Waals surface area contributed by atoms with E-state index in [1.54, 1.807) is 19.1 Å². The number of nitrogen functional groups attached to an aromatic ring is 1. The molecule has 52 heavy (non-hydrogen) atoms. The highest BCUT2D eigenvalue weighted by Gasteiger charge is 2.30. The van der Waals surface area contributed by atoms with Gasteiger partial charge in [0.15, 0.2) is 11.3 Å². The molecule has 0 atom stereocenters. The van der Waals surface area contributed by atoms with E-state index in [1.807, 2.05) is 43.3 Å². The second kappa shape index (κ2) is 15.4. The van der Waals surface area contributed by atoms with E-state index in [1.165, 1.54) is 11.4 Å². The topological polar surface area (TPSA) is 135 Å². The first-order chi connectivity index (χ1) is 25.3. The fraction of sp³-hybridized carbons (Fsp3) is 0.350. The van der Waals surface area contributed by atoms with Gasteiger partial charge in [-0.05, 0) is 49.7 Å². The molecule has 0 amide bonds. The first kappa shape index (κ1) is 35.0. The lowest BCUT2D eigenvalue weighted by Gasteiger charge is -2.35. The number of benzene rings is 4. The van der Waals surface area contributed by atoms with Crippen molar-refractivity contribution in [1.29, 1.82) is 0 Å². The molecule has 3 aliphatic heterocycles. The van der Waals surface area contributed by atoms with Gasteiger partial charge in [0.2, 0.25) is 5.43 Å². The number of anilines is 3. The van der Waals surface area contributed by atoms with E-state index in [4.69, 9.17) is 24.6 Å². The molecule has 2 saturated heterocycles. The van der Waals surface area contributed by atoms with Crippen LogP contribution in [0, 0.1) is 13.8 Å². The summed E-state index contributed by atoms with van der Waals surface area (Å²) < 4.78 is 17.7. The zero-order chi connectivity index (χ0) is 36.2. The molecule has 0 spiro atoms. The van der Waals surface area contributed by atoms with Crippen LogP contribution in [0.15, 0.2) is 82.0 Å². The highest BCUT2D eigenvalue weighted by atomic mass is 16.5. The Balaban J connectivity index is 1.03. The monoisotopic (exact) mass is 704 g/mol. The van der Waals surface area contributed by atoms with Crippen LogP contribution in [0.25, 0.3) is 22.6 Å². The van der Waals surface area contributed by atoms with Gasteiger partial charge >= 0.3 is 11.9 Å². The average molecular weight is 705 g/mol. The van der Waals surface area contributed by atoms with E-state index in [0.29, 0.717) is 24.2 Å². The molecule has 2 fully saturated rings. The summed E-state index contributed by atoms with van der Waals surface area (Å²) in [7, 11) is 0. The standard InChI is InChI=1S/C40H44N6O6/c1-27-13-14-31(39(48)50-25-23-43-15-19-45(20-16-43)29-9-5-3-6-10-29)34-37(27)52-38-28(2)36(47)33(41)32(35(38)42-34)40(49)51-26-24-44-17-21-46(22-18-44)30-11-7-4-8-12-30/h3-14H,15-26,41H2,1-2H3. The van der Waals surface area contributed by atoms with E-state index in [2.05, 4.69) is 43.9 Å². The number of para-hydroxylation sites is 2. The fourth-order valence-electron chi connectivity index (χ4n) is 6.99. The molecule has 3 aromatic rings. The minimum Gasteiger partial charge on any atom is -0.461 e. The number of carbonyl (C=O) groups is 2. The smallest absolute Gasteiger partial charge is 0.342 e. The zero-order valence-corrected chi connectivity index (χ0v) is 29.7. The normalized spacial score (nSPS) is 15.7. The number of fused-ring (bicyclic) bond motifs is 2. The first-order valence-electron chi connectivity index (χ1n) is 17.8. The maximum Gasteiger partial charge on any atom is 0.342 e. The maximum atomic E-state index is 13.6. The lowest BCUT2D eigenvalue weighted by molar-refractivity contribution is 0.0453. The van der Waals surface area contributed by atoms with Crippen molar-refractivity contribution in [3.63, 3.8) is 0 Å². The molecule has 7 rings (SSSR count). The number of ether oxygens (including phenoxy) is 2. The van der Waals surface area contributed by atoms with Crippen molar-refractivity contribution in [3.05, 3.63) is 105 Å². The molecule has 1 aliphatic carbocycles. The number of piperazine rings is 2. The minimum absolute atomic E-state index is 0.0690. The van der Waals surface area contributed by atoms with Crippen LogP contribution < -0.4 is 21.0 Å². The van der Waals surface area contributed by atoms with Gasteiger partial charge < -0.3 is 29.4 Å². The van der Waals surface area contributed by atoms with Gasteiger partial charge in [-0.1, -0.05) is 42.5 Å². The van der Waals surface area contributed by atoms with Crippen LogP contribution in [0.2, 0.25) is 0 Å². The van der Waals surface area contributed by atoms with Crippen molar-refractivity contribution < 1.29 is 23.5 Å². The number of hydrogen-bond donors (Lipinski definition) is 1. The van der Waals surface area contributed by atoms with Crippen molar-refractivity contribution in [2.75, 3.05) is 94.2 Å². The SMILES string of the molecule is Cc1c2oc3c(C)ccc(C(=O)OCCN4CCN(c5ccccc5)CC4)c3nc-2c(C(=O)OCCN2CCN(c3ccccc3)CC2)c(N)c1=O. The molecule has 0 unspecified atom stereocenters. The van der Waals surface area contributed by atoms with Gasteiger partial charge in [-0.15, -0.1) is 0 Å². The summed E-state index contributed by atoms with van der Waals surface area (Å²) >= 11 is 0. The van der Waals surface area contributed by atoms with Crippen molar-refractivity contribution in [1.82, 2.24) is 14.8 Å². The summed E-state index contributed by atoms with van der Waals surface area (Å²) in [6.07, 6.45) is 0. The summed E-state index contributed by atoms with van der Waals surface area (Å²) in [5.41, 5.74) is 9.43. The molecule has 12 nitrogen and oxygen atoms in total. The molecular weight excluding hydrogens is 660 g/mol. The summed E-state index contributed by atoms with van der Waals surface area (Å²) in [4.78, 5) is 54.2. The molecule has 0 aromatic heterocycles. The zero-order valence-electron chi connectivity index (χ0n) is 29.7. The number of nitrogens with zero attached hydrogens (tertiary/aromatic N) is 5. The number of aromatic nitrogens is 1. The Bertz CT molecular complexity index is 2070. The molecule has 0 saturated carbocycles. The molecule has 4 aliphatic rings. The van der Waals surface area contributed by atoms with Gasteiger partial charge in [0.25, 0.3) is 0 Å². The van der Waals surface area contributed by atoms with Crippen LogP contribution in [-0.2, 0) is 9.47 Å². The lowest BCUT2D eigenvalue weighted by atomic mass is 10.0. The number of nitrogens with two attached hydrogens (primary N) is 1. The van der Waals surface area contributed by atoms with Crippen molar-refractivity contribution >= 4 is 40.1 Å². The largest absolute Gasteiger partial charge is 0.461 e. The molecule has 3 aromatic carbocycles. The highest BCUT2D eigenvalue weighted by molar-refractivity contribution is 6.06. The van der Waals surface area contributed by atoms with E-state index in [-0.39, 0.29) is 52.6 Å². The van der Waals surface area contributed by atoms with Crippen LogP contribution in [0.4, 0.5) is 17.1 Å². The van der Waals surface area contributed by atoms with Crippen molar-refractivity contribution in [2.24, 2.45) is 0 Å². The molecule has 3 heterocycles. The number of aryl methyl sites for hydroxylation is 1. The van der Waals surface area contributed by atoms with E-state index in [9.17, 15) is 14.4 Å².